The van der Waals surface area contributed by atoms with Gasteiger partial charge in [0.15, 0.2) is 0 Å². The SMILES string of the molecule is CN(C)C(=O)N1CCC(Nc2cc(Br)ccc2Br)CC1. The highest BCUT2D eigenvalue weighted by molar-refractivity contribution is 9.11. The minimum Gasteiger partial charge on any atom is -0.381 e. The zero-order valence-electron chi connectivity index (χ0n) is 11.7. The van der Waals surface area contributed by atoms with Crippen LogP contribution >= 0.6 is 31.9 Å². The molecule has 4 nitrogen and oxygen atoms in total. The maximum atomic E-state index is 11.9. The number of rotatable bonds is 2. The molecule has 2 rings (SSSR count). The van der Waals surface area contributed by atoms with E-state index in [2.05, 4.69) is 43.2 Å². The van der Waals surface area contributed by atoms with Gasteiger partial charge in [-0.05, 0) is 47.0 Å². The van der Waals surface area contributed by atoms with Gasteiger partial charge in [0, 0.05) is 47.9 Å². The lowest BCUT2D eigenvalue weighted by Gasteiger charge is -2.34. The topological polar surface area (TPSA) is 35.6 Å². The summed E-state index contributed by atoms with van der Waals surface area (Å²) in [7, 11) is 3.59. The van der Waals surface area contributed by atoms with E-state index in [9.17, 15) is 4.79 Å². The van der Waals surface area contributed by atoms with E-state index in [1.807, 2.05) is 17.0 Å². The van der Waals surface area contributed by atoms with Gasteiger partial charge < -0.3 is 15.1 Å². The molecule has 1 aliphatic rings. The maximum absolute atomic E-state index is 11.9. The van der Waals surface area contributed by atoms with Crippen molar-refractivity contribution < 1.29 is 4.79 Å². The Bertz CT molecular complexity index is 485. The number of anilines is 1. The quantitative estimate of drug-likeness (QED) is 0.814. The highest BCUT2D eigenvalue weighted by Gasteiger charge is 2.23. The number of likely N-dealkylation sites (tertiary alicyclic amines) is 1. The number of nitrogens with zero attached hydrogens (tertiary/aromatic N) is 2. The van der Waals surface area contributed by atoms with Crippen LogP contribution in [0.5, 0.6) is 0 Å². The van der Waals surface area contributed by atoms with Crippen molar-refractivity contribution in [1.82, 2.24) is 9.80 Å². The first-order valence-electron chi connectivity index (χ1n) is 6.65. The van der Waals surface area contributed by atoms with Crippen molar-refractivity contribution in [2.45, 2.75) is 18.9 Å². The molecule has 0 aliphatic carbocycles. The second-order valence-electron chi connectivity index (χ2n) is 5.21. The average Bonchev–Trinajstić information content (AvgIpc) is 2.43. The van der Waals surface area contributed by atoms with Crippen LogP contribution in [0.25, 0.3) is 0 Å². The van der Waals surface area contributed by atoms with Gasteiger partial charge in [-0.2, -0.15) is 0 Å². The molecule has 1 aliphatic heterocycles. The first-order chi connectivity index (χ1) is 9.47. The Morgan fingerprint density at radius 2 is 1.95 bits per heavy atom. The summed E-state index contributed by atoms with van der Waals surface area (Å²) in [6.07, 6.45) is 1.94. The number of benzene rings is 1. The van der Waals surface area contributed by atoms with Crippen molar-refractivity contribution in [1.29, 1.82) is 0 Å². The van der Waals surface area contributed by atoms with Crippen LogP contribution in [0.3, 0.4) is 0 Å². The Kier molecular flexibility index (Phi) is 5.32. The summed E-state index contributed by atoms with van der Waals surface area (Å²) >= 11 is 7.04. The number of carbonyl (C=O) groups is 1. The Hall–Kier alpha value is -0.750. The molecule has 1 saturated heterocycles. The van der Waals surface area contributed by atoms with Gasteiger partial charge in [0.2, 0.25) is 0 Å². The lowest BCUT2D eigenvalue weighted by molar-refractivity contribution is 0.158. The van der Waals surface area contributed by atoms with Crippen LogP contribution in [-0.4, -0.2) is 49.1 Å². The third-order valence-electron chi connectivity index (χ3n) is 3.44. The third kappa shape index (κ3) is 3.88. The molecule has 0 atom stereocenters. The number of amides is 2. The first-order valence-corrected chi connectivity index (χ1v) is 8.24. The molecule has 1 fully saturated rings. The van der Waals surface area contributed by atoms with Gasteiger partial charge in [-0.3, -0.25) is 0 Å². The molecule has 0 aromatic heterocycles. The molecule has 0 saturated carbocycles. The standard InChI is InChI=1S/C14H19Br2N3O/c1-18(2)14(20)19-7-5-11(6-8-19)17-13-9-10(15)3-4-12(13)16/h3-4,9,11,17H,5-8H2,1-2H3. The van der Waals surface area contributed by atoms with Crippen LogP contribution in [-0.2, 0) is 0 Å². The van der Waals surface area contributed by atoms with Gasteiger partial charge >= 0.3 is 6.03 Å². The summed E-state index contributed by atoms with van der Waals surface area (Å²) in [5.41, 5.74) is 1.09. The van der Waals surface area contributed by atoms with Crippen molar-refractivity contribution >= 4 is 43.6 Å². The lowest BCUT2D eigenvalue weighted by Crippen LogP contribution is -2.46. The second kappa shape index (κ2) is 6.80. The summed E-state index contributed by atoms with van der Waals surface area (Å²) in [6.45, 7) is 1.61. The largest absolute Gasteiger partial charge is 0.381 e. The third-order valence-corrected chi connectivity index (χ3v) is 4.62. The molecule has 110 valence electrons. The molecule has 1 aromatic rings. The Balaban J connectivity index is 1.91. The van der Waals surface area contributed by atoms with Gasteiger partial charge in [0.1, 0.15) is 0 Å². The van der Waals surface area contributed by atoms with E-state index in [-0.39, 0.29) is 6.03 Å². The average molecular weight is 405 g/mol. The highest BCUT2D eigenvalue weighted by Crippen LogP contribution is 2.28. The molecule has 1 aromatic carbocycles. The second-order valence-corrected chi connectivity index (χ2v) is 6.98. The summed E-state index contributed by atoms with van der Waals surface area (Å²) < 4.78 is 2.12. The van der Waals surface area contributed by atoms with Crippen LogP contribution < -0.4 is 5.32 Å². The Morgan fingerprint density at radius 1 is 1.30 bits per heavy atom. The molecule has 20 heavy (non-hydrogen) atoms. The Labute approximate surface area is 136 Å². The molecule has 0 spiro atoms. The van der Waals surface area contributed by atoms with Crippen LogP contribution in [0.1, 0.15) is 12.8 Å². The molecule has 2 amide bonds. The number of carbonyl (C=O) groups excluding carboxylic acids is 1. The molecule has 0 radical (unpaired) electrons. The summed E-state index contributed by atoms with van der Waals surface area (Å²) in [4.78, 5) is 15.4. The summed E-state index contributed by atoms with van der Waals surface area (Å²) in [6, 6.07) is 6.62. The van der Waals surface area contributed by atoms with E-state index in [0.717, 1.165) is 40.6 Å². The van der Waals surface area contributed by atoms with Crippen molar-refractivity contribution in [2.75, 3.05) is 32.5 Å². The van der Waals surface area contributed by atoms with Crippen molar-refractivity contribution in [2.24, 2.45) is 0 Å². The fraction of sp³-hybridized carbons (Fsp3) is 0.500. The van der Waals surface area contributed by atoms with Gasteiger partial charge in [-0.25, -0.2) is 4.79 Å². The van der Waals surface area contributed by atoms with Crippen LogP contribution in [0.15, 0.2) is 27.1 Å². The Morgan fingerprint density at radius 3 is 2.55 bits per heavy atom. The predicted molar refractivity (Wildman–Crippen MR) is 89.1 cm³/mol. The molecular weight excluding hydrogens is 386 g/mol. The van der Waals surface area contributed by atoms with Crippen LogP contribution in [0.2, 0.25) is 0 Å². The molecule has 1 N–H and O–H groups in total. The van der Waals surface area contributed by atoms with Gasteiger partial charge in [0.25, 0.3) is 0 Å². The van der Waals surface area contributed by atoms with Gasteiger partial charge in [-0.1, -0.05) is 15.9 Å². The maximum Gasteiger partial charge on any atom is 0.319 e. The van der Waals surface area contributed by atoms with Crippen LogP contribution in [0, 0.1) is 0 Å². The normalized spacial score (nSPS) is 16.1. The lowest BCUT2D eigenvalue weighted by atomic mass is 10.0. The number of hydrogen-bond donors (Lipinski definition) is 1. The predicted octanol–water partition coefficient (Wildman–Crippen LogP) is 3.77. The molecule has 1 heterocycles. The van der Waals surface area contributed by atoms with Crippen molar-refractivity contribution in [3.8, 4) is 0 Å². The molecule has 0 bridgehead atoms. The first kappa shape index (κ1) is 15.6. The van der Waals surface area contributed by atoms with Gasteiger partial charge in [0.05, 0.1) is 0 Å². The smallest absolute Gasteiger partial charge is 0.319 e. The minimum atomic E-state index is 0.104. The van der Waals surface area contributed by atoms with E-state index in [0.29, 0.717) is 6.04 Å². The molecular formula is C14H19Br2N3O. The van der Waals surface area contributed by atoms with E-state index >= 15 is 0 Å². The molecule has 0 unspecified atom stereocenters. The van der Waals surface area contributed by atoms with E-state index in [4.69, 9.17) is 0 Å². The van der Waals surface area contributed by atoms with E-state index in [1.165, 1.54) is 0 Å². The van der Waals surface area contributed by atoms with Gasteiger partial charge in [-0.15, -0.1) is 0 Å². The summed E-state index contributed by atoms with van der Waals surface area (Å²) in [5, 5.41) is 3.55. The van der Waals surface area contributed by atoms with E-state index < -0.39 is 0 Å². The van der Waals surface area contributed by atoms with Crippen molar-refractivity contribution in [3.63, 3.8) is 0 Å². The number of hydrogen-bond acceptors (Lipinski definition) is 2. The zero-order valence-corrected chi connectivity index (χ0v) is 14.9. The minimum absolute atomic E-state index is 0.104. The zero-order chi connectivity index (χ0) is 14.7. The van der Waals surface area contributed by atoms with E-state index in [1.54, 1.807) is 19.0 Å². The fourth-order valence-corrected chi connectivity index (χ4v) is 3.05. The van der Waals surface area contributed by atoms with Crippen LogP contribution in [0.4, 0.5) is 10.5 Å². The van der Waals surface area contributed by atoms with Crippen molar-refractivity contribution in [3.05, 3.63) is 27.1 Å². The fourth-order valence-electron chi connectivity index (χ4n) is 2.33. The summed E-state index contributed by atoms with van der Waals surface area (Å²) in [5.74, 6) is 0. The number of urea groups is 1. The number of nitrogens with one attached hydrogen (secondary N) is 1. The number of halogens is 2. The monoisotopic (exact) mass is 403 g/mol. The molecule has 6 heteroatoms. The number of piperidine rings is 1. The highest BCUT2D eigenvalue weighted by atomic mass is 79.9.